The van der Waals surface area contributed by atoms with Crippen molar-refractivity contribution in [2.75, 3.05) is 5.43 Å². The molecule has 0 atom stereocenters. The Morgan fingerprint density at radius 1 is 0.941 bits per heavy atom. The first-order valence-corrected chi connectivity index (χ1v) is 5.06. The topological polar surface area (TPSA) is 71.1 Å². The molecular formula is C13H11N3O. The molecule has 0 heterocycles. The third-order valence-electron chi connectivity index (χ3n) is 2.24. The summed E-state index contributed by atoms with van der Waals surface area (Å²) in [5.41, 5.74) is 3.97. The molecule has 0 bridgehead atoms. The van der Waals surface area contributed by atoms with Gasteiger partial charge in [-0.1, -0.05) is 0 Å². The molecule has 2 aromatic carbocycles. The van der Waals surface area contributed by atoms with Crippen molar-refractivity contribution in [3.63, 3.8) is 0 Å². The maximum Gasteiger partial charge on any atom is 0.127 e. The van der Waals surface area contributed by atoms with E-state index >= 15 is 0 Å². The van der Waals surface area contributed by atoms with E-state index in [0.717, 1.165) is 5.69 Å². The van der Waals surface area contributed by atoms with Crippen LogP contribution in [0.4, 0.5) is 5.69 Å². The Morgan fingerprint density at radius 3 is 1.94 bits per heavy atom. The van der Waals surface area contributed by atoms with Crippen molar-refractivity contribution >= 4 is 5.69 Å². The Kier molecular flexibility index (Phi) is 3.24. The molecule has 3 N–H and O–H groups in total. The summed E-state index contributed by atoms with van der Waals surface area (Å²) in [6, 6.07) is 16.3. The van der Waals surface area contributed by atoms with Crippen molar-refractivity contribution in [3.05, 3.63) is 54.1 Å². The maximum atomic E-state index is 8.67. The molecule has 84 valence electrons. The van der Waals surface area contributed by atoms with E-state index < -0.39 is 0 Å². The van der Waals surface area contributed by atoms with Gasteiger partial charge in [0.1, 0.15) is 11.5 Å². The zero-order valence-corrected chi connectivity index (χ0v) is 9.05. The third-order valence-corrected chi connectivity index (χ3v) is 2.24. The number of rotatable bonds is 3. The van der Waals surface area contributed by atoms with Gasteiger partial charge in [-0.15, -0.1) is 0 Å². The SMILES string of the molecule is N#Cc1ccc(Oc2ccc(NN)cc2)cc1. The van der Waals surface area contributed by atoms with Crippen LogP contribution in [0.2, 0.25) is 0 Å². The van der Waals surface area contributed by atoms with Gasteiger partial charge >= 0.3 is 0 Å². The van der Waals surface area contributed by atoms with Gasteiger partial charge in [-0.3, -0.25) is 5.84 Å². The van der Waals surface area contributed by atoms with Crippen LogP contribution in [0.3, 0.4) is 0 Å². The largest absolute Gasteiger partial charge is 0.457 e. The Labute approximate surface area is 99.2 Å². The second-order valence-corrected chi connectivity index (χ2v) is 3.41. The standard InChI is InChI=1S/C13H11N3O/c14-9-10-1-5-12(6-2-10)17-13-7-3-11(16-15)4-8-13/h1-8,16H,15H2. The van der Waals surface area contributed by atoms with Crippen LogP contribution < -0.4 is 16.0 Å². The molecule has 0 aliphatic rings. The second-order valence-electron chi connectivity index (χ2n) is 3.41. The first-order chi connectivity index (χ1) is 8.31. The van der Waals surface area contributed by atoms with E-state index in [4.69, 9.17) is 15.8 Å². The summed E-state index contributed by atoms with van der Waals surface area (Å²) in [6.07, 6.45) is 0. The summed E-state index contributed by atoms with van der Waals surface area (Å²) < 4.78 is 5.60. The number of benzene rings is 2. The average molecular weight is 225 g/mol. The summed E-state index contributed by atoms with van der Waals surface area (Å²) in [6.45, 7) is 0. The van der Waals surface area contributed by atoms with Gasteiger partial charge < -0.3 is 10.2 Å². The summed E-state index contributed by atoms with van der Waals surface area (Å²) in [5.74, 6) is 6.67. The van der Waals surface area contributed by atoms with Crippen molar-refractivity contribution in [1.82, 2.24) is 0 Å². The lowest BCUT2D eigenvalue weighted by molar-refractivity contribution is 0.482. The monoisotopic (exact) mass is 225 g/mol. The molecule has 0 aliphatic carbocycles. The molecule has 0 amide bonds. The fourth-order valence-corrected chi connectivity index (χ4v) is 1.35. The van der Waals surface area contributed by atoms with Crippen LogP contribution in [0, 0.1) is 11.3 Å². The number of hydrogen-bond donors (Lipinski definition) is 2. The highest BCUT2D eigenvalue weighted by Gasteiger charge is 1.97. The molecule has 0 unspecified atom stereocenters. The highest BCUT2D eigenvalue weighted by atomic mass is 16.5. The highest BCUT2D eigenvalue weighted by Crippen LogP contribution is 2.22. The molecule has 2 aromatic rings. The van der Waals surface area contributed by atoms with Gasteiger partial charge in [0, 0.05) is 5.69 Å². The van der Waals surface area contributed by atoms with Crippen LogP contribution in [0.25, 0.3) is 0 Å². The summed E-state index contributed by atoms with van der Waals surface area (Å²) in [7, 11) is 0. The van der Waals surface area contributed by atoms with E-state index in [-0.39, 0.29) is 0 Å². The Morgan fingerprint density at radius 2 is 1.47 bits per heavy atom. The number of nitriles is 1. The normalized spacial score (nSPS) is 9.41. The van der Waals surface area contributed by atoms with Gasteiger partial charge in [0.2, 0.25) is 0 Å². The lowest BCUT2D eigenvalue weighted by atomic mass is 10.2. The fraction of sp³-hybridized carbons (Fsp3) is 0. The smallest absolute Gasteiger partial charge is 0.127 e. The van der Waals surface area contributed by atoms with Crippen LogP contribution in [0.1, 0.15) is 5.56 Å². The van der Waals surface area contributed by atoms with Gasteiger partial charge in [-0.05, 0) is 48.5 Å². The molecule has 17 heavy (non-hydrogen) atoms. The molecule has 4 nitrogen and oxygen atoms in total. The number of hydrazine groups is 1. The van der Waals surface area contributed by atoms with Gasteiger partial charge in [0.15, 0.2) is 0 Å². The molecule has 0 saturated heterocycles. The molecule has 0 fully saturated rings. The number of nitrogens with one attached hydrogen (secondary N) is 1. The summed E-state index contributed by atoms with van der Waals surface area (Å²) in [5, 5.41) is 8.67. The van der Waals surface area contributed by atoms with E-state index in [1.54, 1.807) is 24.3 Å². The Balaban J connectivity index is 2.11. The molecule has 0 aromatic heterocycles. The van der Waals surface area contributed by atoms with Gasteiger partial charge in [0.05, 0.1) is 11.6 Å². The molecule has 0 spiro atoms. The number of anilines is 1. The second kappa shape index (κ2) is 5.01. The van der Waals surface area contributed by atoms with E-state index in [2.05, 4.69) is 11.5 Å². The number of hydrogen-bond acceptors (Lipinski definition) is 4. The quantitative estimate of drug-likeness (QED) is 0.622. The van der Waals surface area contributed by atoms with E-state index in [9.17, 15) is 0 Å². The van der Waals surface area contributed by atoms with E-state index in [1.807, 2.05) is 24.3 Å². The first kappa shape index (κ1) is 11.0. The van der Waals surface area contributed by atoms with E-state index in [0.29, 0.717) is 17.1 Å². The van der Waals surface area contributed by atoms with Crippen molar-refractivity contribution in [2.45, 2.75) is 0 Å². The minimum absolute atomic E-state index is 0.611. The van der Waals surface area contributed by atoms with Crippen LogP contribution in [-0.4, -0.2) is 0 Å². The lowest BCUT2D eigenvalue weighted by Crippen LogP contribution is -2.05. The predicted octanol–water partition coefficient (Wildman–Crippen LogP) is 2.64. The minimum Gasteiger partial charge on any atom is -0.457 e. The van der Waals surface area contributed by atoms with Crippen molar-refractivity contribution in [2.24, 2.45) is 5.84 Å². The molecule has 0 radical (unpaired) electrons. The number of nitrogens with two attached hydrogens (primary N) is 1. The molecule has 0 aliphatic heterocycles. The summed E-state index contributed by atoms with van der Waals surface area (Å²) in [4.78, 5) is 0. The zero-order chi connectivity index (χ0) is 12.1. The average Bonchev–Trinajstić information content (AvgIpc) is 2.40. The van der Waals surface area contributed by atoms with Crippen molar-refractivity contribution in [3.8, 4) is 17.6 Å². The van der Waals surface area contributed by atoms with Crippen LogP contribution in [0.5, 0.6) is 11.5 Å². The number of nitrogen functional groups attached to an aromatic ring is 1. The van der Waals surface area contributed by atoms with Gasteiger partial charge in [-0.2, -0.15) is 5.26 Å². The molecule has 4 heteroatoms. The minimum atomic E-state index is 0.611. The highest BCUT2D eigenvalue weighted by molar-refractivity contribution is 5.46. The van der Waals surface area contributed by atoms with E-state index in [1.165, 1.54) is 0 Å². The third kappa shape index (κ3) is 2.74. The molecule has 2 rings (SSSR count). The van der Waals surface area contributed by atoms with Gasteiger partial charge in [0.25, 0.3) is 0 Å². The fourth-order valence-electron chi connectivity index (χ4n) is 1.35. The maximum absolute atomic E-state index is 8.67. The summed E-state index contributed by atoms with van der Waals surface area (Å²) >= 11 is 0. The van der Waals surface area contributed by atoms with Crippen molar-refractivity contribution in [1.29, 1.82) is 5.26 Å². The van der Waals surface area contributed by atoms with Crippen LogP contribution in [0.15, 0.2) is 48.5 Å². The number of ether oxygens (including phenoxy) is 1. The molecular weight excluding hydrogens is 214 g/mol. The lowest BCUT2D eigenvalue weighted by Gasteiger charge is -2.06. The van der Waals surface area contributed by atoms with Crippen LogP contribution >= 0.6 is 0 Å². The Hall–Kier alpha value is -2.51. The first-order valence-electron chi connectivity index (χ1n) is 5.06. The molecule has 0 saturated carbocycles. The zero-order valence-electron chi connectivity index (χ0n) is 9.05. The number of nitrogens with zero attached hydrogens (tertiary/aromatic N) is 1. The predicted molar refractivity (Wildman–Crippen MR) is 65.5 cm³/mol. The Bertz CT molecular complexity index is 526. The van der Waals surface area contributed by atoms with Crippen molar-refractivity contribution < 1.29 is 4.74 Å². The van der Waals surface area contributed by atoms with Gasteiger partial charge in [-0.25, -0.2) is 0 Å². The van der Waals surface area contributed by atoms with Crippen LogP contribution in [-0.2, 0) is 0 Å².